The Kier molecular flexibility index (Phi) is 7.77. The van der Waals surface area contributed by atoms with Gasteiger partial charge in [0.15, 0.2) is 0 Å². The molecule has 0 aromatic heterocycles. The zero-order valence-electron chi connectivity index (χ0n) is 12.5. The Morgan fingerprint density at radius 2 is 1.75 bits per heavy atom. The molecule has 0 saturated carbocycles. The van der Waals surface area contributed by atoms with Gasteiger partial charge in [-0.2, -0.15) is 0 Å². The summed E-state index contributed by atoms with van der Waals surface area (Å²) in [5.41, 5.74) is 1.44. The summed E-state index contributed by atoms with van der Waals surface area (Å²) in [4.78, 5) is 0. The van der Waals surface area contributed by atoms with E-state index in [0.717, 1.165) is 17.5 Å². The molecule has 0 aliphatic carbocycles. The first-order valence-electron chi connectivity index (χ1n) is 7.04. The predicted octanol–water partition coefficient (Wildman–Crippen LogP) is 1.66. The molecule has 20 heavy (non-hydrogen) atoms. The fourth-order valence-electron chi connectivity index (χ4n) is 2.36. The van der Waals surface area contributed by atoms with E-state index in [1.54, 1.807) is 7.11 Å². The fourth-order valence-corrected chi connectivity index (χ4v) is 2.36. The van der Waals surface area contributed by atoms with Crippen LogP contribution in [0.5, 0.6) is 0 Å². The molecule has 0 atom stereocenters. The van der Waals surface area contributed by atoms with Gasteiger partial charge in [0.1, 0.15) is 0 Å². The number of hydrogen-bond acceptors (Lipinski definition) is 4. The van der Waals surface area contributed by atoms with E-state index in [2.05, 4.69) is 0 Å². The summed E-state index contributed by atoms with van der Waals surface area (Å²) in [7, 11) is 1.67. The first-order chi connectivity index (χ1) is 9.70. The monoisotopic (exact) mass is 282 g/mol. The van der Waals surface area contributed by atoms with Crippen LogP contribution in [0.4, 0.5) is 0 Å². The quantitative estimate of drug-likeness (QED) is 0.641. The van der Waals surface area contributed by atoms with Gasteiger partial charge in [0.05, 0.1) is 13.2 Å². The fraction of sp³-hybridized carbons (Fsp3) is 0.625. The molecule has 4 heteroatoms. The highest BCUT2D eigenvalue weighted by Gasteiger charge is 2.31. The van der Waals surface area contributed by atoms with E-state index in [1.165, 1.54) is 0 Å². The maximum atomic E-state index is 9.76. The third-order valence-electron chi connectivity index (χ3n) is 3.68. The molecule has 1 aromatic carbocycles. The average molecular weight is 282 g/mol. The summed E-state index contributed by atoms with van der Waals surface area (Å²) in [5, 5.41) is 19.5. The van der Waals surface area contributed by atoms with Gasteiger partial charge in [-0.1, -0.05) is 24.3 Å². The lowest BCUT2D eigenvalue weighted by Crippen LogP contribution is -2.37. The number of methoxy groups -OCH3 is 1. The summed E-state index contributed by atoms with van der Waals surface area (Å²) in [6, 6.07) is 7.85. The second-order valence-corrected chi connectivity index (χ2v) is 5.12. The molecule has 0 spiro atoms. The number of aryl methyl sites for hydroxylation is 1. The van der Waals surface area contributed by atoms with Crippen LogP contribution in [0.25, 0.3) is 0 Å². The number of aliphatic hydroxyl groups is 2. The van der Waals surface area contributed by atoms with Gasteiger partial charge in [-0.05, 0) is 30.9 Å². The number of aliphatic hydroxyl groups excluding tert-OH is 2. The number of benzene rings is 1. The second kappa shape index (κ2) is 9.08. The van der Waals surface area contributed by atoms with Gasteiger partial charge in [0.25, 0.3) is 0 Å². The summed E-state index contributed by atoms with van der Waals surface area (Å²) in [6.45, 7) is 3.65. The third-order valence-corrected chi connectivity index (χ3v) is 3.68. The van der Waals surface area contributed by atoms with E-state index in [9.17, 15) is 10.2 Å². The number of rotatable bonds is 10. The summed E-state index contributed by atoms with van der Waals surface area (Å²) < 4.78 is 10.5. The molecular weight excluding hydrogens is 256 g/mol. The Bertz CT molecular complexity index is 374. The van der Waals surface area contributed by atoms with Crippen molar-refractivity contribution in [1.29, 1.82) is 0 Å². The van der Waals surface area contributed by atoms with E-state index < -0.39 is 5.41 Å². The van der Waals surface area contributed by atoms with E-state index in [-0.39, 0.29) is 13.2 Å². The number of ether oxygens (including phenoxy) is 2. The van der Waals surface area contributed by atoms with Gasteiger partial charge in [-0.3, -0.25) is 0 Å². The first-order valence-corrected chi connectivity index (χ1v) is 7.04. The van der Waals surface area contributed by atoms with Crippen molar-refractivity contribution in [3.8, 4) is 0 Å². The van der Waals surface area contributed by atoms with Gasteiger partial charge in [0, 0.05) is 32.3 Å². The van der Waals surface area contributed by atoms with Crippen molar-refractivity contribution in [2.75, 3.05) is 40.1 Å². The van der Waals surface area contributed by atoms with Crippen LogP contribution in [-0.4, -0.2) is 50.4 Å². The zero-order chi connectivity index (χ0) is 14.8. The minimum absolute atomic E-state index is 0.0875. The highest BCUT2D eigenvalue weighted by atomic mass is 16.5. The summed E-state index contributed by atoms with van der Waals surface area (Å²) in [6.07, 6.45) is 1.45. The Hall–Kier alpha value is -0.940. The molecule has 4 nitrogen and oxygen atoms in total. The molecule has 0 saturated heterocycles. The summed E-state index contributed by atoms with van der Waals surface area (Å²) in [5.74, 6) is 0. The zero-order valence-corrected chi connectivity index (χ0v) is 12.5. The smallest absolute Gasteiger partial charge is 0.0551 e. The lowest BCUT2D eigenvalue weighted by atomic mass is 9.77. The molecule has 1 aromatic rings. The highest BCUT2D eigenvalue weighted by Crippen LogP contribution is 2.29. The molecule has 0 amide bonds. The summed E-state index contributed by atoms with van der Waals surface area (Å²) >= 11 is 0. The van der Waals surface area contributed by atoms with Crippen LogP contribution < -0.4 is 0 Å². The van der Waals surface area contributed by atoms with E-state index in [4.69, 9.17) is 9.47 Å². The molecule has 0 radical (unpaired) electrons. The second-order valence-electron chi connectivity index (χ2n) is 5.12. The van der Waals surface area contributed by atoms with Gasteiger partial charge in [0.2, 0.25) is 0 Å². The standard InChI is InChI=1S/C16H26O4/c1-14-6-3-4-7-15(14)16(12-17,13-18)8-11-20-10-5-9-19-2/h3-4,6-7,17-18H,5,8-13H2,1-2H3. The Balaban J connectivity index is 2.61. The molecule has 0 heterocycles. The molecular formula is C16H26O4. The maximum Gasteiger partial charge on any atom is 0.0551 e. The van der Waals surface area contributed by atoms with Crippen LogP contribution in [0.2, 0.25) is 0 Å². The lowest BCUT2D eigenvalue weighted by Gasteiger charge is -2.31. The van der Waals surface area contributed by atoms with Crippen LogP contribution in [0.3, 0.4) is 0 Å². The first kappa shape index (κ1) is 17.1. The topological polar surface area (TPSA) is 58.9 Å². The molecule has 0 unspecified atom stereocenters. The largest absolute Gasteiger partial charge is 0.395 e. The van der Waals surface area contributed by atoms with E-state index in [1.807, 2.05) is 31.2 Å². The predicted molar refractivity (Wildman–Crippen MR) is 79.0 cm³/mol. The van der Waals surface area contributed by atoms with E-state index in [0.29, 0.717) is 26.2 Å². The minimum Gasteiger partial charge on any atom is -0.395 e. The molecule has 2 N–H and O–H groups in total. The lowest BCUT2D eigenvalue weighted by molar-refractivity contribution is 0.0545. The van der Waals surface area contributed by atoms with Crippen molar-refractivity contribution < 1.29 is 19.7 Å². The highest BCUT2D eigenvalue weighted by molar-refractivity contribution is 5.33. The van der Waals surface area contributed by atoms with Gasteiger partial charge >= 0.3 is 0 Å². The molecule has 1 rings (SSSR count). The molecule has 114 valence electrons. The van der Waals surface area contributed by atoms with Crippen molar-refractivity contribution in [3.63, 3.8) is 0 Å². The van der Waals surface area contributed by atoms with Crippen molar-refractivity contribution in [1.82, 2.24) is 0 Å². The van der Waals surface area contributed by atoms with Gasteiger partial charge in [-0.25, -0.2) is 0 Å². The molecule has 0 fully saturated rings. The maximum absolute atomic E-state index is 9.76. The van der Waals surface area contributed by atoms with Crippen LogP contribution in [0.1, 0.15) is 24.0 Å². The van der Waals surface area contributed by atoms with Crippen LogP contribution in [-0.2, 0) is 14.9 Å². The van der Waals surface area contributed by atoms with Crippen molar-refractivity contribution in [2.24, 2.45) is 0 Å². The SMILES string of the molecule is COCCCOCCC(CO)(CO)c1ccccc1C. The van der Waals surface area contributed by atoms with Gasteiger partial charge in [-0.15, -0.1) is 0 Å². The Labute approximate surface area is 121 Å². The normalized spacial score (nSPS) is 11.8. The molecule has 0 aliphatic rings. The Morgan fingerprint density at radius 1 is 1.05 bits per heavy atom. The Morgan fingerprint density at radius 3 is 2.35 bits per heavy atom. The van der Waals surface area contributed by atoms with Crippen LogP contribution in [0.15, 0.2) is 24.3 Å². The van der Waals surface area contributed by atoms with Crippen molar-refractivity contribution >= 4 is 0 Å². The van der Waals surface area contributed by atoms with Crippen LogP contribution >= 0.6 is 0 Å². The molecule has 0 aliphatic heterocycles. The molecule has 0 bridgehead atoms. The van der Waals surface area contributed by atoms with Gasteiger partial charge < -0.3 is 19.7 Å². The van der Waals surface area contributed by atoms with Crippen molar-refractivity contribution in [3.05, 3.63) is 35.4 Å². The number of hydrogen-bond donors (Lipinski definition) is 2. The minimum atomic E-state index is -0.632. The average Bonchev–Trinajstić information content (AvgIpc) is 2.48. The third kappa shape index (κ3) is 4.56. The van der Waals surface area contributed by atoms with Crippen LogP contribution in [0, 0.1) is 6.92 Å². The van der Waals surface area contributed by atoms with E-state index >= 15 is 0 Å². The van der Waals surface area contributed by atoms with Crippen molar-refractivity contribution in [2.45, 2.75) is 25.2 Å².